The number of nitrogens with one attached hydrogen (secondary N) is 1. The SMILES string of the molecule is O=C(Nc1cc(-c2ccccc2)no1)N1CCCN(C(=O)C2CCOCC2)CC1. The number of anilines is 1. The van der Waals surface area contributed by atoms with Crippen LogP contribution in [0.5, 0.6) is 0 Å². The lowest BCUT2D eigenvalue weighted by Crippen LogP contribution is -2.42. The highest BCUT2D eigenvalue weighted by molar-refractivity contribution is 5.88. The molecule has 0 radical (unpaired) electrons. The van der Waals surface area contributed by atoms with E-state index in [1.807, 2.05) is 35.2 Å². The standard InChI is InChI=1S/C21H26N4O4/c26-20(17-7-13-28-14-8-17)24-9-4-10-25(12-11-24)21(27)22-19-15-18(23-29-19)16-5-2-1-3-6-16/h1-3,5-6,15,17H,4,7-14H2,(H,22,27). The summed E-state index contributed by atoms with van der Waals surface area (Å²) >= 11 is 0. The molecule has 3 heterocycles. The van der Waals surface area contributed by atoms with E-state index in [4.69, 9.17) is 9.26 Å². The van der Waals surface area contributed by atoms with Crippen LogP contribution in [-0.4, -0.2) is 66.3 Å². The summed E-state index contributed by atoms with van der Waals surface area (Å²) in [6.45, 7) is 3.64. The summed E-state index contributed by atoms with van der Waals surface area (Å²) in [7, 11) is 0. The summed E-state index contributed by atoms with van der Waals surface area (Å²) in [5.41, 5.74) is 1.60. The number of urea groups is 1. The van der Waals surface area contributed by atoms with Crippen LogP contribution in [-0.2, 0) is 9.53 Å². The topological polar surface area (TPSA) is 87.9 Å². The summed E-state index contributed by atoms with van der Waals surface area (Å²) in [5, 5.41) is 6.79. The normalized spacial score (nSPS) is 18.3. The molecule has 4 rings (SSSR count). The molecule has 0 unspecified atom stereocenters. The van der Waals surface area contributed by atoms with Crippen molar-refractivity contribution >= 4 is 17.8 Å². The van der Waals surface area contributed by atoms with Gasteiger partial charge < -0.3 is 19.1 Å². The molecule has 154 valence electrons. The van der Waals surface area contributed by atoms with Gasteiger partial charge in [0.25, 0.3) is 0 Å². The van der Waals surface area contributed by atoms with E-state index in [1.165, 1.54) is 0 Å². The number of hydrogen-bond acceptors (Lipinski definition) is 5. The van der Waals surface area contributed by atoms with Crippen LogP contribution in [0.4, 0.5) is 10.7 Å². The number of ether oxygens (including phenoxy) is 1. The first-order chi connectivity index (χ1) is 14.2. The molecule has 3 amide bonds. The number of hydrogen-bond donors (Lipinski definition) is 1. The van der Waals surface area contributed by atoms with E-state index in [9.17, 15) is 9.59 Å². The number of carbonyl (C=O) groups excluding carboxylic acids is 2. The fourth-order valence-corrected chi connectivity index (χ4v) is 3.81. The smallest absolute Gasteiger partial charge is 0.324 e. The Balaban J connectivity index is 1.32. The summed E-state index contributed by atoms with van der Waals surface area (Å²) in [5.74, 6) is 0.557. The minimum Gasteiger partial charge on any atom is -0.381 e. The van der Waals surface area contributed by atoms with Gasteiger partial charge in [0.2, 0.25) is 11.8 Å². The van der Waals surface area contributed by atoms with Crippen molar-refractivity contribution in [2.75, 3.05) is 44.7 Å². The monoisotopic (exact) mass is 398 g/mol. The number of aromatic nitrogens is 1. The van der Waals surface area contributed by atoms with Gasteiger partial charge in [-0.3, -0.25) is 10.1 Å². The first-order valence-electron chi connectivity index (χ1n) is 10.2. The number of carbonyl (C=O) groups is 2. The number of rotatable bonds is 3. The molecule has 1 aromatic heterocycles. The zero-order valence-corrected chi connectivity index (χ0v) is 16.4. The minimum atomic E-state index is -0.235. The van der Waals surface area contributed by atoms with Crippen LogP contribution in [0.15, 0.2) is 40.9 Å². The van der Waals surface area contributed by atoms with Gasteiger partial charge in [-0.2, -0.15) is 0 Å². The third kappa shape index (κ3) is 4.76. The molecule has 0 spiro atoms. The van der Waals surface area contributed by atoms with Crippen LogP contribution in [0.2, 0.25) is 0 Å². The van der Waals surface area contributed by atoms with E-state index < -0.39 is 0 Å². The van der Waals surface area contributed by atoms with Crippen molar-refractivity contribution in [3.05, 3.63) is 36.4 Å². The van der Waals surface area contributed by atoms with E-state index in [2.05, 4.69) is 10.5 Å². The van der Waals surface area contributed by atoms with Crippen LogP contribution < -0.4 is 5.32 Å². The average molecular weight is 398 g/mol. The highest BCUT2D eigenvalue weighted by atomic mass is 16.5. The zero-order valence-electron chi connectivity index (χ0n) is 16.4. The third-order valence-corrected chi connectivity index (χ3v) is 5.48. The molecule has 2 aliphatic heterocycles. The van der Waals surface area contributed by atoms with Crippen molar-refractivity contribution in [2.24, 2.45) is 5.92 Å². The van der Waals surface area contributed by atoms with Gasteiger partial charge in [-0.25, -0.2) is 4.79 Å². The second-order valence-electron chi connectivity index (χ2n) is 7.43. The lowest BCUT2D eigenvalue weighted by atomic mass is 9.98. The second kappa shape index (κ2) is 9.09. The van der Waals surface area contributed by atoms with E-state index in [0.717, 1.165) is 24.8 Å². The fraction of sp³-hybridized carbons (Fsp3) is 0.476. The minimum absolute atomic E-state index is 0.0507. The van der Waals surface area contributed by atoms with Gasteiger partial charge >= 0.3 is 6.03 Å². The van der Waals surface area contributed by atoms with Gasteiger partial charge in [0.05, 0.1) is 0 Å². The fourth-order valence-electron chi connectivity index (χ4n) is 3.81. The van der Waals surface area contributed by atoms with Crippen LogP contribution in [0, 0.1) is 5.92 Å². The van der Waals surface area contributed by atoms with Crippen LogP contribution in [0.25, 0.3) is 11.3 Å². The molecular weight excluding hydrogens is 372 g/mol. The molecule has 29 heavy (non-hydrogen) atoms. The molecule has 1 N–H and O–H groups in total. The predicted octanol–water partition coefficient (Wildman–Crippen LogP) is 2.83. The first-order valence-corrected chi connectivity index (χ1v) is 10.2. The van der Waals surface area contributed by atoms with Gasteiger partial charge in [-0.05, 0) is 19.3 Å². The van der Waals surface area contributed by atoms with Crippen molar-refractivity contribution in [3.63, 3.8) is 0 Å². The predicted molar refractivity (Wildman–Crippen MR) is 107 cm³/mol. The van der Waals surface area contributed by atoms with Gasteiger partial charge in [-0.1, -0.05) is 35.5 Å². The van der Waals surface area contributed by atoms with E-state index >= 15 is 0 Å². The molecule has 2 fully saturated rings. The Hall–Kier alpha value is -2.87. The lowest BCUT2D eigenvalue weighted by Gasteiger charge is -2.28. The lowest BCUT2D eigenvalue weighted by molar-refractivity contribution is -0.138. The van der Waals surface area contributed by atoms with Crippen LogP contribution >= 0.6 is 0 Å². The van der Waals surface area contributed by atoms with Gasteiger partial charge in [0.1, 0.15) is 5.69 Å². The molecule has 0 atom stereocenters. The van der Waals surface area contributed by atoms with E-state index in [1.54, 1.807) is 11.0 Å². The summed E-state index contributed by atoms with van der Waals surface area (Å²) in [4.78, 5) is 29.0. The van der Waals surface area contributed by atoms with E-state index in [-0.39, 0.29) is 17.9 Å². The van der Waals surface area contributed by atoms with E-state index in [0.29, 0.717) is 51.0 Å². The molecule has 2 aliphatic rings. The molecule has 1 aromatic carbocycles. The Morgan fingerprint density at radius 1 is 1.00 bits per heavy atom. The van der Waals surface area contributed by atoms with Crippen molar-refractivity contribution in [3.8, 4) is 11.3 Å². The van der Waals surface area contributed by atoms with Crippen molar-refractivity contribution in [1.29, 1.82) is 0 Å². The molecule has 2 aromatic rings. The molecule has 8 heteroatoms. The van der Waals surface area contributed by atoms with Crippen LogP contribution in [0.1, 0.15) is 19.3 Å². The molecule has 2 saturated heterocycles. The quantitative estimate of drug-likeness (QED) is 0.859. The van der Waals surface area contributed by atoms with Crippen molar-refractivity contribution in [2.45, 2.75) is 19.3 Å². The highest BCUT2D eigenvalue weighted by Crippen LogP contribution is 2.22. The molecule has 0 aliphatic carbocycles. The molecule has 0 saturated carbocycles. The van der Waals surface area contributed by atoms with Gasteiger partial charge in [-0.15, -0.1) is 0 Å². The number of benzene rings is 1. The second-order valence-corrected chi connectivity index (χ2v) is 7.43. The summed E-state index contributed by atoms with van der Waals surface area (Å²) < 4.78 is 10.6. The maximum absolute atomic E-state index is 12.7. The largest absolute Gasteiger partial charge is 0.381 e. The zero-order chi connectivity index (χ0) is 20.1. The van der Waals surface area contributed by atoms with Crippen molar-refractivity contribution < 1.29 is 18.8 Å². The third-order valence-electron chi connectivity index (χ3n) is 5.48. The average Bonchev–Trinajstić information content (AvgIpc) is 3.09. The highest BCUT2D eigenvalue weighted by Gasteiger charge is 2.28. The Labute approximate surface area is 169 Å². The maximum Gasteiger partial charge on any atom is 0.324 e. The Bertz CT molecular complexity index is 832. The van der Waals surface area contributed by atoms with Crippen LogP contribution in [0.3, 0.4) is 0 Å². The number of amides is 3. The Kier molecular flexibility index (Phi) is 6.09. The van der Waals surface area contributed by atoms with Gasteiger partial charge in [0, 0.05) is 56.9 Å². The summed E-state index contributed by atoms with van der Waals surface area (Å²) in [6, 6.07) is 11.1. The Morgan fingerprint density at radius 3 is 2.52 bits per heavy atom. The maximum atomic E-state index is 12.7. The Morgan fingerprint density at radius 2 is 1.72 bits per heavy atom. The summed E-state index contributed by atoms with van der Waals surface area (Å²) in [6.07, 6.45) is 2.33. The van der Waals surface area contributed by atoms with Gasteiger partial charge in [0.15, 0.2) is 0 Å². The number of nitrogens with zero attached hydrogens (tertiary/aromatic N) is 3. The molecule has 0 bridgehead atoms. The molecule has 8 nitrogen and oxygen atoms in total. The molecular formula is C21H26N4O4. The first kappa shape index (κ1) is 19.4. The van der Waals surface area contributed by atoms with Crippen molar-refractivity contribution in [1.82, 2.24) is 15.0 Å².